The molecule has 0 amide bonds. The SMILES string of the molecule is CCC12CC3CC(C1)CC(N(C)C)(C3)O2. The third-order valence-electron chi connectivity index (χ3n) is 5.07. The van der Waals surface area contributed by atoms with E-state index in [0.717, 1.165) is 11.8 Å². The topological polar surface area (TPSA) is 12.5 Å². The molecule has 4 rings (SSSR count). The normalized spacial score (nSPS) is 52.8. The highest BCUT2D eigenvalue weighted by Crippen LogP contribution is 2.59. The first-order chi connectivity index (χ1) is 7.07. The Morgan fingerprint density at radius 3 is 2.20 bits per heavy atom. The highest BCUT2D eigenvalue weighted by molar-refractivity contribution is 5.06. The highest BCUT2D eigenvalue weighted by atomic mass is 16.5. The van der Waals surface area contributed by atoms with Crippen LogP contribution in [0.15, 0.2) is 0 Å². The van der Waals surface area contributed by atoms with Crippen molar-refractivity contribution in [3.63, 3.8) is 0 Å². The molecule has 2 nitrogen and oxygen atoms in total. The van der Waals surface area contributed by atoms with Crippen LogP contribution in [0.25, 0.3) is 0 Å². The van der Waals surface area contributed by atoms with Crippen LogP contribution in [-0.2, 0) is 4.74 Å². The summed E-state index contributed by atoms with van der Waals surface area (Å²) < 4.78 is 6.53. The largest absolute Gasteiger partial charge is 0.354 e. The predicted octanol–water partition coefficient (Wildman–Crippen LogP) is 2.63. The number of hydrogen-bond donors (Lipinski definition) is 0. The molecule has 86 valence electrons. The minimum atomic E-state index is 0.0973. The molecule has 4 fully saturated rings. The maximum absolute atomic E-state index is 6.53. The lowest BCUT2D eigenvalue weighted by atomic mass is 9.59. The Bertz CT molecular complexity index is 260. The summed E-state index contributed by atoms with van der Waals surface area (Å²) in [6.07, 6.45) is 7.89. The predicted molar refractivity (Wildman–Crippen MR) is 60.6 cm³/mol. The van der Waals surface area contributed by atoms with E-state index >= 15 is 0 Å². The van der Waals surface area contributed by atoms with Crippen molar-refractivity contribution in [2.75, 3.05) is 14.1 Å². The number of rotatable bonds is 2. The van der Waals surface area contributed by atoms with Crippen LogP contribution in [0.1, 0.15) is 45.4 Å². The molecule has 2 aliphatic carbocycles. The first-order valence-corrected chi connectivity index (χ1v) is 6.45. The molecule has 2 saturated heterocycles. The Kier molecular flexibility index (Phi) is 2.01. The second-order valence-electron chi connectivity index (χ2n) is 6.26. The lowest BCUT2D eigenvalue weighted by Gasteiger charge is -2.63. The van der Waals surface area contributed by atoms with E-state index in [9.17, 15) is 0 Å². The lowest BCUT2D eigenvalue weighted by molar-refractivity contribution is -0.318. The Balaban J connectivity index is 1.95. The fourth-order valence-corrected chi connectivity index (χ4v) is 4.46. The summed E-state index contributed by atoms with van der Waals surface area (Å²) in [5.41, 5.74) is 0.342. The molecule has 0 N–H and O–H groups in total. The standard InChI is InChI=1S/C13H23NO/c1-4-12-6-10-5-11(7-12)9-13(8-10,15-12)14(2)3/h10-11H,4-9H2,1-3H3. The van der Waals surface area contributed by atoms with E-state index in [-0.39, 0.29) is 11.3 Å². The molecular formula is C13H23NO. The summed E-state index contributed by atoms with van der Waals surface area (Å²) in [6.45, 7) is 2.30. The number of hydrogen-bond acceptors (Lipinski definition) is 2. The van der Waals surface area contributed by atoms with Gasteiger partial charge in [-0.05, 0) is 64.5 Å². The molecule has 2 unspecified atom stereocenters. The van der Waals surface area contributed by atoms with Crippen molar-refractivity contribution in [2.45, 2.75) is 56.8 Å². The minimum absolute atomic E-state index is 0.0973. The van der Waals surface area contributed by atoms with Crippen molar-refractivity contribution in [3.8, 4) is 0 Å². The first-order valence-electron chi connectivity index (χ1n) is 6.45. The third kappa shape index (κ3) is 1.31. The van der Waals surface area contributed by atoms with Gasteiger partial charge in [0.05, 0.1) is 5.60 Å². The van der Waals surface area contributed by atoms with Gasteiger partial charge in [-0.15, -0.1) is 0 Å². The maximum Gasteiger partial charge on any atom is 0.122 e. The Morgan fingerprint density at radius 1 is 1.13 bits per heavy atom. The van der Waals surface area contributed by atoms with Gasteiger partial charge in [-0.2, -0.15) is 0 Å². The van der Waals surface area contributed by atoms with Crippen molar-refractivity contribution in [3.05, 3.63) is 0 Å². The fraction of sp³-hybridized carbons (Fsp3) is 1.00. The number of nitrogens with zero attached hydrogens (tertiary/aromatic N) is 1. The van der Waals surface area contributed by atoms with Gasteiger partial charge < -0.3 is 4.74 Å². The fourth-order valence-electron chi connectivity index (χ4n) is 4.46. The molecule has 0 spiro atoms. The van der Waals surface area contributed by atoms with Gasteiger partial charge in [-0.1, -0.05) is 6.92 Å². The molecule has 0 radical (unpaired) electrons. The van der Waals surface area contributed by atoms with Crippen LogP contribution in [0.3, 0.4) is 0 Å². The minimum Gasteiger partial charge on any atom is -0.354 e. The highest BCUT2D eigenvalue weighted by Gasteiger charge is 2.58. The molecule has 0 aromatic heterocycles. The van der Waals surface area contributed by atoms with Gasteiger partial charge in [-0.3, -0.25) is 4.90 Å². The summed E-state index contributed by atoms with van der Waals surface area (Å²) in [5.74, 6) is 1.88. The Hall–Kier alpha value is -0.0800. The summed E-state index contributed by atoms with van der Waals surface area (Å²) in [5, 5.41) is 0. The van der Waals surface area contributed by atoms with E-state index in [1.807, 2.05) is 0 Å². The summed E-state index contributed by atoms with van der Waals surface area (Å²) in [6, 6.07) is 0. The van der Waals surface area contributed by atoms with E-state index in [1.165, 1.54) is 38.5 Å². The van der Waals surface area contributed by atoms with Crippen LogP contribution >= 0.6 is 0 Å². The first kappa shape index (κ1) is 10.1. The number of ether oxygens (including phenoxy) is 1. The molecule has 2 aliphatic heterocycles. The molecule has 2 atom stereocenters. The van der Waals surface area contributed by atoms with Crippen molar-refractivity contribution in [2.24, 2.45) is 11.8 Å². The van der Waals surface area contributed by atoms with Crippen LogP contribution in [0.5, 0.6) is 0 Å². The Morgan fingerprint density at radius 2 is 1.73 bits per heavy atom. The van der Waals surface area contributed by atoms with Crippen LogP contribution in [0, 0.1) is 11.8 Å². The molecule has 2 heteroatoms. The van der Waals surface area contributed by atoms with Gasteiger partial charge >= 0.3 is 0 Å². The van der Waals surface area contributed by atoms with Crippen LogP contribution in [0.4, 0.5) is 0 Å². The average Bonchev–Trinajstić information content (AvgIpc) is 2.15. The van der Waals surface area contributed by atoms with E-state index in [0.29, 0.717) is 0 Å². The zero-order valence-electron chi connectivity index (χ0n) is 10.3. The monoisotopic (exact) mass is 209 g/mol. The lowest BCUT2D eigenvalue weighted by Crippen LogP contribution is -2.65. The van der Waals surface area contributed by atoms with Crippen molar-refractivity contribution < 1.29 is 4.74 Å². The Labute approximate surface area is 93.0 Å². The van der Waals surface area contributed by atoms with Crippen LogP contribution in [0.2, 0.25) is 0 Å². The average molecular weight is 209 g/mol. The quantitative estimate of drug-likeness (QED) is 0.693. The van der Waals surface area contributed by atoms with Crippen molar-refractivity contribution in [1.29, 1.82) is 0 Å². The summed E-state index contributed by atoms with van der Waals surface area (Å²) in [4.78, 5) is 2.34. The van der Waals surface area contributed by atoms with Gasteiger partial charge in [0.15, 0.2) is 0 Å². The molecule has 0 aromatic carbocycles. The molecule has 0 aromatic rings. The second kappa shape index (κ2) is 2.98. The smallest absolute Gasteiger partial charge is 0.122 e. The van der Waals surface area contributed by atoms with Crippen LogP contribution < -0.4 is 0 Å². The van der Waals surface area contributed by atoms with E-state index in [1.54, 1.807) is 0 Å². The van der Waals surface area contributed by atoms with Crippen molar-refractivity contribution >= 4 is 0 Å². The second-order valence-corrected chi connectivity index (χ2v) is 6.26. The molecular weight excluding hydrogens is 186 g/mol. The van der Waals surface area contributed by atoms with Crippen molar-refractivity contribution in [1.82, 2.24) is 4.90 Å². The van der Waals surface area contributed by atoms with Gasteiger partial charge in [0.2, 0.25) is 0 Å². The van der Waals surface area contributed by atoms with E-state index < -0.39 is 0 Å². The molecule has 2 heterocycles. The summed E-state index contributed by atoms with van der Waals surface area (Å²) >= 11 is 0. The molecule has 4 bridgehead atoms. The maximum atomic E-state index is 6.53. The third-order valence-corrected chi connectivity index (χ3v) is 5.07. The van der Waals surface area contributed by atoms with Gasteiger partial charge in [0, 0.05) is 0 Å². The zero-order chi connectivity index (χ0) is 10.7. The van der Waals surface area contributed by atoms with Gasteiger partial charge in [-0.25, -0.2) is 0 Å². The van der Waals surface area contributed by atoms with Gasteiger partial charge in [0.25, 0.3) is 0 Å². The van der Waals surface area contributed by atoms with E-state index in [2.05, 4.69) is 25.9 Å². The molecule has 15 heavy (non-hydrogen) atoms. The molecule has 2 saturated carbocycles. The molecule has 4 aliphatic rings. The van der Waals surface area contributed by atoms with Gasteiger partial charge in [0.1, 0.15) is 5.72 Å². The van der Waals surface area contributed by atoms with Crippen LogP contribution in [-0.4, -0.2) is 30.3 Å². The summed E-state index contributed by atoms with van der Waals surface area (Å²) in [7, 11) is 4.38. The zero-order valence-corrected chi connectivity index (χ0v) is 10.3. The van der Waals surface area contributed by atoms with E-state index in [4.69, 9.17) is 4.74 Å².